The van der Waals surface area contributed by atoms with Crippen LogP contribution < -0.4 is 16.6 Å². The molecule has 0 radical (unpaired) electrons. The van der Waals surface area contributed by atoms with Crippen LogP contribution in [0.15, 0.2) is 63.9 Å². The smallest absolute Gasteiger partial charge is 0.264 e. The van der Waals surface area contributed by atoms with E-state index in [-0.39, 0.29) is 17.6 Å². The van der Waals surface area contributed by atoms with E-state index in [1.54, 1.807) is 30.4 Å². The number of nitrogens with zero attached hydrogens (tertiary/aromatic N) is 5. The van der Waals surface area contributed by atoms with E-state index in [1.165, 1.54) is 16.4 Å². The highest BCUT2D eigenvalue weighted by Gasteiger charge is 2.12. The molecule has 0 saturated heterocycles. The van der Waals surface area contributed by atoms with Gasteiger partial charge in [-0.15, -0.1) is 22.0 Å². The molecule has 0 unspecified atom stereocenters. The van der Waals surface area contributed by atoms with Gasteiger partial charge in [0.2, 0.25) is 11.1 Å². The van der Waals surface area contributed by atoms with Crippen LogP contribution in [0.4, 0.5) is 11.6 Å². The highest BCUT2D eigenvalue weighted by atomic mass is 32.2. The summed E-state index contributed by atoms with van der Waals surface area (Å²) < 4.78 is 1.24. The van der Waals surface area contributed by atoms with Crippen LogP contribution in [0.25, 0.3) is 0 Å². The normalized spacial score (nSPS) is 10.9. The van der Waals surface area contributed by atoms with Crippen LogP contribution >= 0.6 is 23.5 Å². The number of pyridine rings is 1. The van der Waals surface area contributed by atoms with Crippen molar-refractivity contribution in [3.05, 3.63) is 54.4 Å². The van der Waals surface area contributed by atoms with Crippen molar-refractivity contribution in [2.45, 2.75) is 10.1 Å². The number of benzene rings is 1. The molecule has 0 aliphatic rings. The minimum atomic E-state index is -0.154. The van der Waals surface area contributed by atoms with Crippen molar-refractivity contribution >= 4 is 47.3 Å². The number of anilines is 2. The average Bonchev–Trinajstić information content (AvgIpc) is 3.07. The van der Waals surface area contributed by atoms with Gasteiger partial charge in [0.25, 0.3) is 5.95 Å². The van der Waals surface area contributed by atoms with Gasteiger partial charge in [-0.1, -0.05) is 30.0 Å². The molecule has 0 bridgehead atoms. The fourth-order valence-electron chi connectivity index (χ4n) is 2.13. The number of para-hydroxylation sites is 1. The Morgan fingerprint density at radius 1 is 1.29 bits per heavy atom. The van der Waals surface area contributed by atoms with Gasteiger partial charge in [0, 0.05) is 22.9 Å². The Morgan fingerprint density at radius 3 is 2.93 bits per heavy atom. The van der Waals surface area contributed by atoms with Gasteiger partial charge in [0.15, 0.2) is 0 Å². The van der Waals surface area contributed by atoms with E-state index >= 15 is 0 Å². The Balaban J connectivity index is 1.54. The molecule has 4 N–H and O–H groups in total. The van der Waals surface area contributed by atoms with E-state index < -0.39 is 0 Å². The van der Waals surface area contributed by atoms with Gasteiger partial charge in [-0.05, 0) is 24.5 Å². The van der Waals surface area contributed by atoms with Crippen molar-refractivity contribution in [1.82, 2.24) is 19.9 Å². The van der Waals surface area contributed by atoms with E-state index in [0.29, 0.717) is 5.16 Å². The zero-order chi connectivity index (χ0) is 19.8. The molecule has 3 aromatic rings. The quantitative estimate of drug-likeness (QED) is 0.222. The maximum absolute atomic E-state index is 12.2. The van der Waals surface area contributed by atoms with Crippen molar-refractivity contribution in [2.75, 3.05) is 28.6 Å². The van der Waals surface area contributed by atoms with E-state index in [9.17, 15) is 4.79 Å². The topological polar surface area (TPSA) is 123 Å². The minimum Gasteiger partial charge on any atom is -0.334 e. The maximum atomic E-state index is 12.2. The van der Waals surface area contributed by atoms with Crippen molar-refractivity contribution in [1.29, 1.82) is 0 Å². The summed E-state index contributed by atoms with van der Waals surface area (Å²) in [5, 5.41) is 15.2. The van der Waals surface area contributed by atoms with Crippen LogP contribution in [0.1, 0.15) is 5.56 Å². The first-order valence-electron chi connectivity index (χ1n) is 8.12. The molecular weight excluding hydrogens is 396 g/mol. The second-order valence-electron chi connectivity index (χ2n) is 5.37. The lowest BCUT2D eigenvalue weighted by Crippen LogP contribution is -2.17. The standard InChI is InChI=1S/C17H18N8OS2/c1-27-14-7-3-2-6-13(14)21-15(26)11-28-17-24-23-16(25(17)18)22-20-10-12-5-4-8-19-9-12/h2-10H,11,18H2,1H3,(H,21,26)(H,22,23)/b20-10+. The maximum Gasteiger partial charge on any atom is 0.264 e. The Labute approximate surface area is 170 Å². The first-order valence-corrected chi connectivity index (χ1v) is 10.3. The molecule has 144 valence electrons. The predicted molar refractivity (Wildman–Crippen MR) is 113 cm³/mol. The number of nitrogens with one attached hydrogen (secondary N) is 2. The van der Waals surface area contributed by atoms with Crippen LogP contribution in [-0.2, 0) is 4.79 Å². The Morgan fingerprint density at radius 2 is 2.14 bits per heavy atom. The summed E-state index contributed by atoms with van der Waals surface area (Å²) in [4.78, 5) is 17.2. The lowest BCUT2D eigenvalue weighted by molar-refractivity contribution is -0.113. The molecule has 2 heterocycles. The third kappa shape index (κ3) is 5.24. The van der Waals surface area contributed by atoms with E-state index in [2.05, 4.69) is 31.0 Å². The number of thioether (sulfide) groups is 2. The molecule has 0 atom stereocenters. The minimum absolute atomic E-state index is 0.150. The molecule has 0 aliphatic heterocycles. The Bertz CT molecular complexity index is 961. The van der Waals surface area contributed by atoms with E-state index in [4.69, 9.17) is 5.84 Å². The van der Waals surface area contributed by atoms with Gasteiger partial charge in [0.1, 0.15) is 0 Å². The zero-order valence-corrected chi connectivity index (χ0v) is 16.6. The highest BCUT2D eigenvalue weighted by Crippen LogP contribution is 2.25. The van der Waals surface area contributed by atoms with Gasteiger partial charge >= 0.3 is 0 Å². The van der Waals surface area contributed by atoms with E-state index in [0.717, 1.165) is 16.1 Å². The number of carbonyl (C=O) groups is 1. The number of carbonyl (C=O) groups excluding carboxylic acids is 1. The molecule has 1 aromatic carbocycles. The number of amides is 1. The van der Waals surface area contributed by atoms with Gasteiger partial charge in [0.05, 0.1) is 17.7 Å². The molecule has 0 saturated carbocycles. The molecule has 0 aliphatic carbocycles. The molecule has 0 spiro atoms. The summed E-state index contributed by atoms with van der Waals surface area (Å²) >= 11 is 2.75. The predicted octanol–water partition coefficient (Wildman–Crippen LogP) is 2.29. The van der Waals surface area contributed by atoms with Crippen molar-refractivity contribution in [3.8, 4) is 0 Å². The number of hydrazone groups is 1. The lowest BCUT2D eigenvalue weighted by Gasteiger charge is -2.08. The monoisotopic (exact) mass is 414 g/mol. The van der Waals surface area contributed by atoms with Crippen LogP contribution in [0, 0.1) is 0 Å². The Kier molecular flexibility index (Phi) is 6.87. The Hall–Kier alpha value is -3.05. The van der Waals surface area contributed by atoms with Crippen LogP contribution in [0.2, 0.25) is 0 Å². The van der Waals surface area contributed by atoms with E-state index in [1.807, 2.05) is 42.7 Å². The fraction of sp³-hybridized carbons (Fsp3) is 0.118. The van der Waals surface area contributed by atoms with Crippen molar-refractivity contribution in [2.24, 2.45) is 5.10 Å². The van der Waals surface area contributed by atoms with Gasteiger partial charge in [-0.3, -0.25) is 9.78 Å². The second kappa shape index (κ2) is 9.76. The second-order valence-corrected chi connectivity index (χ2v) is 7.16. The number of nitrogens with two attached hydrogens (primary N) is 1. The van der Waals surface area contributed by atoms with Gasteiger partial charge in [-0.25, -0.2) is 10.1 Å². The van der Waals surface area contributed by atoms with Gasteiger partial charge in [-0.2, -0.15) is 5.10 Å². The van der Waals surface area contributed by atoms with Crippen molar-refractivity contribution < 1.29 is 4.79 Å². The molecule has 3 rings (SSSR count). The van der Waals surface area contributed by atoms with Crippen molar-refractivity contribution in [3.63, 3.8) is 0 Å². The fourth-order valence-corrected chi connectivity index (χ4v) is 3.34. The van der Waals surface area contributed by atoms with Gasteiger partial charge < -0.3 is 11.2 Å². The lowest BCUT2D eigenvalue weighted by atomic mass is 10.3. The average molecular weight is 415 g/mol. The summed E-state index contributed by atoms with van der Waals surface area (Å²) in [6.45, 7) is 0. The zero-order valence-electron chi connectivity index (χ0n) is 14.9. The number of nitrogen functional groups attached to an aromatic ring is 1. The molecule has 0 fully saturated rings. The summed E-state index contributed by atoms with van der Waals surface area (Å²) in [5.74, 6) is 6.21. The number of hydrogen-bond acceptors (Lipinski definition) is 9. The molecular formula is C17H18N8OS2. The van der Waals surface area contributed by atoms with Crippen LogP contribution in [-0.4, -0.2) is 44.0 Å². The summed E-state index contributed by atoms with van der Waals surface area (Å²) in [6.07, 6.45) is 6.90. The molecule has 2 aromatic heterocycles. The first-order chi connectivity index (χ1) is 13.7. The third-order valence-corrected chi connectivity index (χ3v) is 5.18. The molecule has 1 amide bonds. The molecule has 11 heteroatoms. The largest absolute Gasteiger partial charge is 0.334 e. The number of hydrogen-bond donors (Lipinski definition) is 3. The number of aromatic nitrogens is 4. The molecule has 9 nitrogen and oxygen atoms in total. The number of rotatable bonds is 8. The van der Waals surface area contributed by atoms with Crippen LogP contribution in [0.3, 0.4) is 0 Å². The highest BCUT2D eigenvalue weighted by molar-refractivity contribution is 7.99. The van der Waals surface area contributed by atoms with Crippen LogP contribution in [0.5, 0.6) is 0 Å². The SMILES string of the molecule is CSc1ccccc1NC(=O)CSc1nnc(N/N=C/c2cccnc2)n1N. The first kappa shape index (κ1) is 19.7. The summed E-state index contributed by atoms with van der Waals surface area (Å²) in [6, 6.07) is 11.3. The molecule has 28 heavy (non-hydrogen) atoms. The summed E-state index contributed by atoms with van der Waals surface area (Å²) in [7, 11) is 0. The third-order valence-electron chi connectivity index (χ3n) is 3.44. The summed E-state index contributed by atoms with van der Waals surface area (Å²) in [5.41, 5.74) is 4.32.